The van der Waals surface area contributed by atoms with Crippen LogP contribution in [0.15, 0.2) is 0 Å². The van der Waals surface area contributed by atoms with Gasteiger partial charge in [0, 0.05) is 6.42 Å². The average Bonchev–Trinajstić information content (AvgIpc) is 2.26. The highest BCUT2D eigenvalue weighted by Gasteiger charge is 2.21. The van der Waals surface area contributed by atoms with E-state index in [0.717, 1.165) is 6.42 Å². The van der Waals surface area contributed by atoms with Crippen LogP contribution in [0.2, 0.25) is 0 Å². The minimum absolute atomic E-state index is 0.201. The summed E-state index contributed by atoms with van der Waals surface area (Å²) in [5, 5.41) is 8.46. The third-order valence-corrected chi connectivity index (χ3v) is 3.52. The van der Waals surface area contributed by atoms with Gasteiger partial charge >= 0.3 is 5.97 Å². The monoisotopic (exact) mass is 212 g/mol. The number of hydrogen-bond donors (Lipinski definition) is 1. The van der Waals surface area contributed by atoms with E-state index in [-0.39, 0.29) is 6.42 Å². The number of Topliss-reactive ketones (excluding diaryl/α,β-unsaturated/α-hetero) is 1. The number of carboxylic acids is 1. The van der Waals surface area contributed by atoms with E-state index in [1.165, 1.54) is 32.1 Å². The van der Waals surface area contributed by atoms with Gasteiger partial charge in [-0.1, -0.05) is 39.0 Å². The van der Waals surface area contributed by atoms with E-state index in [4.69, 9.17) is 5.11 Å². The summed E-state index contributed by atoms with van der Waals surface area (Å²) in [7, 11) is 0. The van der Waals surface area contributed by atoms with Gasteiger partial charge in [0.25, 0.3) is 0 Å². The van der Waals surface area contributed by atoms with Crippen molar-refractivity contribution in [1.29, 1.82) is 0 Å². The molecule has 1 atom stereocenters. The minimum Gasteiger partial charge on any atom is -0.476 e. The van der Waals surface area contributed by atoms with Crippen LogP contribution in [0.25, 0.3) is 0 Å². The zero-order chi connectivity index (χ0) is 11.3. The number of rotatable bonds is 5. The molecule has 1 saturated carbocycles. The van der Waals surface area contributed by atoms with Gasteiger partial charge in [-0.05, 0) is 18.3 Å². The minimum atomic E-state index is -1.29. The fourth-order valence-corrected chi connectivity index (χ4v) is 2.40. The summed E-state index contributed by atoms with van der Waals surface area (Å²) >= 11 is 0. The molecule has 0 aromatic heterocycles. The van der Waals surface area contributed by atoms with Gasteiger partial charge in [-0.2, -0.15) is 0 Å². The molecule has 0 radical (unpaired) electrons. The van der Waals surface area contributed by atoms with Gasteiger partial charge in [0.05, 0.1) is 0 Å². The summed E-state index contributed by atoms with van der Waals surface area (Å²) in [4.78, 5) is 21.3. The first-order valence-electron chi connectivity index (χ1n) is 5.87. The molecule has 0 aromatic carbocycles. The molecule has 1 rings (SSSR count). The molecular weight excluding hydrogens is 192 g/mol. The lowest BCUT2D eigenvalue weighted by molar-refractivity contribution is -0.149. The highest BCUT2D eigenvalue weighted by Crippen LogP contribution is 2.31. The lowest BCUT2D eigenvalue weighted by atomic mass is 9.79. The Morgan fingerprint density at radius 1 is 1.27 bits per heavy atom. The molecule has 1 N–H and O–H groups in total. The van der Waals surface area contributed by atoms with E-state index in [1.54, 1.807) is 0 Å². The number of hydrogen-bond acceptors (Lipinski definition) is 2. The summed E-state index contributed by atoms with van der Waals surface area (Å²) in [5.41, 5.74) is 0. The van der Waals surface area contributed by atoms with Crippen molar-refractivity contribution < 1.29 is 14.7 Å². The van der Waals surface area contributed by atoms with Crippen LogP contribution in [0, 0.1) is 11.8 Å². The van der Waals surface area contributed by atoms with Gasteiger partial charge in [-0.15, -0.1) is 0 Å². The number of carbonyl (C=O) groups excluding carboxylic acids is 1. The molecule has 3 nitrogen and oxygen atoms in total. The second-order valence-corrected chi connectivity index (χ2v) is 4.64. The van der Waals surface area contributed by atoms with Crippen LogP contribution in [-0.2, 0) is 9.59 Å². The Bertz CT molecular complexity index is 229. The van der Waals surface area contributed by atoms with Crippen molar-refractivity contribution in [3.63, 3.8) is 0 Å². The first-order valence-corrected chi connectivity index (χ1v) is 5.87. The normalized spacial score (nSPS) is 19.8. The second-order valence-electron chi connectivity index (χ2n) is 4.64. The topological polar surface area (TPSA) is 54.4 Å². The quantitative estimate of drug-likeness (QED) is 0.713. The molecule has 0 bridgehead atoms. The van der Waals surface area contributed by atoms with Crippen LogP contribution in [0.3, 0.4) is 0 Å². The van der Waals surface area contributed by atoms with Crippen LogP contribution >= 0.6 is 0 Å². The van der Waals surface area contributed by atoms with E-state index in [0.29, 0.717) is 11.8 Å². The van der Waals surface area contributed by atoms with Crippen molar-refractivity contribution in [2.75, 3.05) is 0 Å². The Kier molecular flexibility index (Phi) is 4.79. The van der Waals surface area contributed by atoms with Crippen LogP contribution in [-0.4, -0.2) is 16.9 Å². The van der Waals surface area contributed by atoms with E-state index in [1.807, 2.05) is 0 Å². The molecule has 3 heteroatoms. The number of carboxylic acid groups (broad SMARTS) is 1. The molecule has 0 saturated heterocycles. The maximum absolute atomic E-state index is 10.9. The fraction of sp³-hybridized carbons (Fsp3) is 0.833. The molecule has 15 heavy (non-hydrogen) atoms. The van der Waals surface area contributed by atoms with Crippen LogP contribution in [0.4, 0.5) is 0 Å². The van der Waals surface area contributed by atoms with Crippen molar-refractivity contribution in [2.45, 2.75) is 51.9 Å². The molecule has 1 unspecified atom stereocenters. The summed E-state index contributed by atoms with van der Waals surface area (Å²) < 4.78 is 0. The number of aliphatic carboxylic acids is 1. The first kappa shape index (κ1) is 12.2. The van der Waals surface area contributed by atoms with Gasteiger partial charge < -0.3 is 5.11 Å². The lowest BCUT2D eigenvalue weighted by Gasteiger charge is -2.27. The molecule has 1 aliphatic rings. The predicted molar refractivity (Wildman–Crippen MR) is 57.6 cm³/mol. The van der Waals surface area contributed by atoms with Crippen LogP contribution < -0.4 is 0 Å². The molecule has 1 aliphatic carbocycles. The second kappa shape index (κ2) is 5.89. The van der Waals surface area contributed by atoms with E-state index in [2.05, 4.69) is 6.92 Å². The van der Waals surface area contributed by atoms with Crippen molar-refractivity contribution >= 4 is 11.8 Å². The molecule has 0 aliphatic heterocycles. The average molecular weight is 212 g/mol. The Balaban J connectivity index is 2.25. The SMILES string of the molecule is CC(CCC(=O)C(=O)O)C1CCCCC1. The van der Waals surface area contributed by atoms with Crippen LogP contribution in [0.1, 0.15) is 51.9 Å². The highest BCUT2D eigenvalue weighted by atomic mass is 16.4. The van der Waals surface area contributed by atoms with Crippen molar-refractivity contribution in [2.24, 2.45) is 11.8 Å². The van der Waals surface area contributed by atoms with Gasteiger partial charge in [0.1, 0.15) is 0 Å². The van der Waals surface area contributed by atoms with Gasteiger partial charge in [0.15, 0.2) is 0 Å². The fourth-order valence-electron chi connectivity index (χ4n) is 2.40. The summed E-state index contributed by atoms with van der Waals surface area (Å²) in [6, 6.07) is 0. The molecular formula is C12H20O3. The Morgan fingerprint density at radius 3 is 2.40 bits per heavy atom. The highest BCUT2D eigenvalue weighted by molar-refractivity contribution is 6.32. The van der Waals surface area contributed by atoms with Gasteiger partial charge in [-0.3, -0.25) is 4.79 Å². The van der Waals surface area contributed by atoms with E-state index >= 15 is 0 Å². The largest absolute Gasteiger partial charge is 0.476 e. The zero-order valence-corrected chi connectivity index (χ0v) is 9.37. The van der Waals surface area contributed by atoms with Gasteiger partial charge in [-0.25, -0.2) is 4.79 Å². The predicted octanol–water partition coefficient (Wildman–Crippen LogP) is 2.64. The lowest BCUT2D eigenvalue weighted by Crippen LogP contribution is -2.18. The third-order valence-electron chi connectivity index (χ3n) is 3.52. The zero-order valence-electron chi connectivity index (χ0n) is 9.37. The molecule has 0 amide bonds. The Labute approximate surface area is 90.9 Å². The van der Waals surface area contributed by atoms with Crippen molar-refractivity contribution in [1.82, 2.24) is 0 Å². The maximum Gasteiger partial charge on any atom is 0.372 e. The Morgan fingerprint density at radius 2 is 1.87 bits per heavy atom. The maximum atomic E-state index is 10.9. The van der Waals surface area contributed by atoms with Gasteiger partial charge in [0.2, 0.25) is 5.78 Å². The summed E-state index contributed by atoms with van der Waals surface area (Å²) in [5.74, 6) is -0.725. The Hall–Kier alpha value is -0.860. The summed E-state index contributed by atoms with van der Waals surface area (Å²) in [6.07, 6.45) is 7.36. The smallest absolute Gasteiger partial charge is 0.372 e. The number of ketones is 1. The van der Waals surface area contributed by atoms with Crippen molar-refractivity contribution in [3.05, 3.63) is 0 Å². The third kappa shape index (κ3) is 4.02. The van der Waals surface area contributed by atoms with E-state index < -0.39 is 11.8 Å². The number of carbonyl (C=O) groups is 2. The summed E-state index contributed by atoms with van der Waals surface area (Å²) in [6.45, 7) is 2.14. The van der Waals surface area contributed by atoms with Crippen LogP contribution in [0.5, 0.6) is 0 Å². The van der Waals surface area contributed by atoms with Crippen molar-refractivity contribution in [3.8, 4) is 0 Å². The van der Waals surface area contributed by atoms with E-state index in [9.17, 15) is 9.59 Å². The molecule has 0 aromatic rings. The molecule has 1 fully saturated rings. The molecule has 0 heterocycles. The molecule has 0 spiro atoms. The standard InChI is InChI=1S/C12H20O3/c1-9(7-8-11(13)12(14)15)10-5-3-2-4-6-10/h9-10H,2-8H2,1H3,(H,14,15). The first-order chi connectivity index (χ1) is 7.11. The molecule has 86 valence electrons.